The highest BCUT2D eigenvalue weighted by atomic mass is 35.5. The number of hydrogen-bond donors (Lipinski definition) is 2. The van der Waals surface area contributed by atoms with Gasteiger partial charge in [0.15, 0.2) is 0 Å². The molecule has 2 amide bonds. The van der Waals surface area contributed by atoms with Gasteiger partial charge in [-0.25, -0.2) is 0 Å². The van der Waals surface area contributed by atoms with E-state index in [1.807, 2.05) is 11.7 Å². The summed E-state index contributed by atoms with van der Waals surface area (Å²) >= 11 is 0. The summed E-state index contributed by atoms with van der Waals surface area (Å²) in [5.41, 5.74) is 9.07. The molecule has 3 N–H and O–H groups in total. The molecule has 1 aromatic heterocycles. The molecule has 1 atom stereocenters. The van der Waals surface area contributed by atoms with E-state index < -0.39 is 0 Å². The molecule has 10 heteroatoms. The number of carbonyl (C=O) groups is 2. The monoisotopic (exact) mass is 524 g/mol. The second-order valence-electron chi connectivity index (χ2n) is 10.1. The van der Waals surface area contributed by atoms with E-state index in [9.17, 15) is 9.59 Å². The number of anilines is 1. The first-order valence-corrected chi connectivity index (χ1v) is 12.5. The summed E-state index contributed by atoms with van der Waals surface area (Å²) in [6.07, 6.45) is 7.18. The lowest BCUT2D eigenvalue weighted by Gasteiger charge is -2.37. The lowest BCUT2D eigenvalue weighted by molar-refractivity contribution is -0.134. The van der Waals surface area contributed by atoms with Gasteiger partial charge in [-0.1, -0.05) is 0 Å². The quantitative estimate of drug-likeness (QED) is 0.583. The number of nitrogens with zero attached hydrogens (tertiary/aromatic N) is 4. The molecule has 3 aliphatic rings. The first-order valence-electron chi connectivity index (χ1n) is 12.5. The highest BCUT2D eigenvalue weighted by Gasteiger charge is 2.32. The Hall–Kier alpha value is -1.87. The predicted octanol–water partition coefficient (Wildman–Crippen LogP) is 2.97. The summed E-state index contributed by atoms with van der Waals surface area (Å²) in [5.74, 6) is 0.0673. The smallest absolute Gasteiger partial charge is 0.235 e. The molecule has 3 heterocycles. The number of piperidine rings is 1. The predicted molar refractivity (Wildman–Crippen MR) is 144 cm³/mol. The number of carbonyl (C=O) groups excluding carboxylic acids is 2. The minimum Gasteiger partial charge on any atom is -0.369 e. The molecule has 2 aliphatic heterocycles. The van der Waals surface area contributed by atoms with Crippen LogP contribution in [0, 0.1) is 5.92 Å². The lowest BCUT2D eigenvalue weighted by Crippen LogP contribution is -2.47. The van der Waals surface area contributed by atoms with Gasteiger partial charge in [0.2, 0.25) is 11.8 Å². The Morgan fingerprint density at radius 1 is 1.03 bits per heavy atom. The molecule has 1 saturated carbocycles. The van der Waals surface area contributed by atoms with E-state index in [1.54, 1.807) is 0 Å². The third kappa shape index (κ3) is 6.10. The second kappa shape index (κ2) is 11.9. The number of imide groups is 1. The van der Waals surface area contributed by atoms with E-state index in [1.165, 1.54) is 44.3 Å². The van der Waals surface area contributed by atoms with Gasteiger partial charge in [0.05, 0.1) is 17.1 Å². The zero-order chi connectivity index (χ0) is 22.9. The van der Waals surface area contributed by atoms with Crippen molar-refractivity contribution in [1.82, 2.24) is 20.0 Å². The summed E-state index contributed by atoms with van der Waals surface area (Å²) in [7, 11) is 1.93. The fourth-order valence-electron chi connectivity index (χ4n) is 5.75. The normalized spacial score (nSPS) is 25.7. The fourth-order valence-corrected chi connectivity index (χ4v) is 5.75. The van der Waals surface area contributed by atoms with Crippen LogP contribution in [0.1, 0.15) is 56.6 Å². The van der Waals surface area contributed by atoms with Crippen LogP contribution in [0.4, 0.5) is 5.69 Å². The Labute approximate surface area is 219 Å². The molecule has 8 nitrogen and oxygen atoms in total. The maximum atomic E-state index is 12.4. The third-order valence-electron chi connectivity index (χ3n) is 7.92. The van der Waals surface area contributed by atoms with E-state index in [-0.39, 0.29) is 42.5 Å². The maximum absolute atomic E-state index is 12.4. The molecule has 5 rings (SSSR count). The van der Waals surface area contributed by atoms with Gasteiger partial charge in [0, 0.05) is 56.8 Å². The number of halogens is 2. The molecule has 3 fully saturated rings. The zero-order valence-electron chi connectivity index (χ0n) is 20.4. The minimum absolute atomic E-state index is 0. The molecule has 194 valence electrons. The van der Waals surface area contributed by atoms with Crippen molar-refractivity contribution in [2.24, 2.45) is 18.7 Å². The molecule has 2 aromatic rings. The number of hydrogen-bond acceptors (Lipinski definition) is 6. The molecular formula is C25H38Cl2N6O2. The number of amides is 2. The van der Waals surface area contributed by atoms with Crippen molar-refractivity contribution < 1.29 is 9.59 Å². The number of nitrogens with one attached hydrogen (secondary N) is 1. The van der Waals surface area contributed by atoms with E-state index in [2.05, 4.69) is 38.4 Å². The number of rotatable bonds is 5. The summed E-state index contributed by atoms with van der Waals surface area (Å²) in [5, 5.41) is 8.13. The summed E-state index contributed by atoms with van der Waals surface area (Å²) in [4.78, 5) is 29.0. The van der Waals surface area contributed by atoms with E-state index in [4.69, 9.17) is 5.73 Å². The third-order valence-corrected chi connectivity index (χ3v) is 7.92. The summed E-state index contributed by atoms with van der Waals surface area (Å²) < 4.78 is 1.87. The number of aryl methyl sites for hydroxylation is 1. The molecule has 2 saturated heterocycles. The van der Waals surface area contributed by atoms with Crippen molar-refractivity contribution in [3.63, 3.8) is 0 Å². The van der Waals surface area contributed by atoms with Crippen LogP contribution in [0.2, 0.25) is 0 Å². The van der Waals surface area contributed by atoms with Gasteiger partial charge >= 0.3 is 0 Å². The van der Waals surface area contributed by atoms with Crippen LogP contribution in [-0.4, -0.2) is 65.3 Å². The van der Waals surface area contributed by atoms with Crippen LogP contribution in [0.3, 0.4) is 0 Å². The summed E-state index contributed by atoms with van der Waals surface area (Å²) in [6, 6.07) is 6.87. The molecule has 0 bridgehead atoms. The topological polar surface area (TPSA) is 96.5 Å². The van der Waals surface area contributed by atoms with E-state index in [0.717, 1.165) is 48.7 Å². The van der Waals surface area contributed by atoms with Gasteiger partial charge in [-0.15, -0.1) is 24.8 Å². The molecule has 1 aliphatic carbocycles. The minimum atomic E-state index is -0.360. The Balaban J connectivity index is 0.00000171. The number of aromatic nitrogens is 2. The second-order valence-corrected chi connectivity index (χ2v) is 10.1. The highest BCUT2D eigenvalue weighted by Crippen LogP contribution is 2.32. The number of piperazine rings is 1. The van der Waals surface area contributed by atoms with Crippen LogP contribution in [-0.2, 0) is 16.6 Å². The zero-order valence-corrected chi connectivity index (χ0v) is 22.1. The van der Waals surface area contributed by atoms with Crippen molar-refractivity contribution in [2.75, 3.05) is 37.6 Å². The first kappa shape index (κ1) is 27.7. The highest BCUT2D eigenvalue weighted by molar-refractivity contribution is 6.02. The van der Waals surface area contributed by atoms with Crippen molar-refractivity contribution in [3.8, 4) is 0 Å². The van der Waals surface area contributed by atoms with Crippen LogP contribution >= 0.6 is 24.8 Å². The van der Waals surface area contributed by atoms with Crippen LogP contribution in [0.25, 0.3) is 10.9 Å². The van der Waals surface area contributed by atoms with Crippen molar-refractivity contribution >= 4 is 53.2 Å². The van der Waals surface area contributed by atoms with Crippen molar-refractivity contribution in [2.45, 2.75) is 56.9 Å². The van der Waals surface area contributed by atoms with E-state index >= 15 is 0 Å². The van der Waals surface area contributed by atoms with Gasteiger partial charge in [0.25, 0.3) is 0 Å². The molecular weight excluding hydrogens is 487 g/mol. The fraction of sp³-hybridized carbons (Fsp3) is 0.640. The summed E-state index contributed by atoms with van der Waals surface area (Å²) in [6.45, 7) is 5.44. The van der Waals surface area contributed by atoms with Gasteiger partial charge in [0.1, 0.15) is 0 Å². The van der Waals surface area contributed by atoms with Crippen LogP contribution in [0.15, 0.2) is 18.2 Å². The Morgan fingerprint density at radius 2 is 1.74 bits per heavy atom. The molecule has 0 radical (unpaired) electrons. The molecule has 0 spiro atoms. The average Bonchev–Trinajstić information content (AvgIpc) is 3.14. The number of benzene rings is 1. The Morgan fingerprint density at radius 3 is 2.43 bits per heavy atom. The van der Waals surface area contributed by atoms with Crippen LogP contribution in [0.5, 0.6) is 0 Å². The Kier molecular flexibility index (Phi) is 9.43. The molecule has 35 heavy (non-hydrogen) atoms. The van der Waals surface area contributed by atoms with Gasteiger partial charge in [-0.2, -0.15) is 5.10 Å². The molecule has 1 unspecified atom stereocenters. The standard InChI is InChI=1S/C25H36N6O2.2ClH/c1-29-22-16-19(6-7-20(22)24(28-29)21-8-9-23(32)27-25(21)33)31-14-12-30(13-15-31)11-10-17-2-4-18(26)5-3-17;;/h6-7,16-18,21H,2-5,8-15,26H2,1H3,(H,27,32,33);2*1H. The maximum Gasteiger partial charge on any atom is 0.235 e. The SMILES string of the molecule is Cl.Cl.Cn1nc(C2CCC(=O)NC2=O)c2ccc(N3CCN(CCC4CCC(N)CC4)CC3)cc21. The molecule has 1 aromatic carbocycles. The van der Waals surface area contributed by atoms with Crippen LogP contribution < -0.4 is 16.0 Å². The van der Waals surface area contributed by atoms with Crippen molar-refractivity contribution in [1.29, 1.82) is 0 Å². The Bertz CT molecular complexity index is 1030. The lowest BCUT2D eigenvalue weighted by atomic mass is 9.84. The van der Waals surface area contributed by atoms with Gasteiger partial charge in [-0.05, 0) is 69.2 Å². The number of fused-ring (bicyclic) bond motifs is 1. The number of nitrogens with two attached hydrogens (primary N) is 1. The average molecular weight is 526 g/mol. The van der Waals surface area contributed by atoms with Gasteiger partial charge < -0.3 is 10.6 Å². The van der Waals surface area contributed by atoms with E-state index in [0.29, 0.717) is 18.9 Å². The van der Waals surface area contributed by atoms with Crippen molar-refractivity contribution in [3.05, 3.63) is 23.9 Å². The van der Waals surface area contributed by atoms with Gasteiger partial charge in [-0.3, -0.25) is 24.5 Å². The largest absolute Gasteiger partial charge is 0.369 e. The first-order chi connectivity index (χ1) is 16.0.